The third-order valence-electron chi connectivity index (χ3n) is 3.60. The second kappa shape index (κ2) is 7.34. The first-order valence-electron chi connectivity index (χ1n) is 7.12. The van der Waals surface area contributed by atoms with Gasteiger partial charge in [0.25, 0.3) is 0 Å². The van der Waals surface area contributed by atoms with Crippen molar-refractivity contribution in [3.8, 4) is 23.6 Å². The Hall–Kier alpha value is -3.25. The first-order valence-corrected chi connectivity index (χ1v) is 7.12. The van der Waals surface area contributed by atoms with Gasteiger partial charge in [-0.3, -0.25) is 0 Å². The van der Waals surface area contributed by atoms with E-state index in [4.69, 9.17) is 14.7 Å². The predicted molar refractivity (Wildman–Crippen MR) is 87.4 cm³/mol. The van der Waals surface area contributed by atoms with Gasteiger partial charge in [-0.15, -0.1) is 0 Å². The van der Waals surface area contributed by atoms with Crippen molar-refractivity contribution in [3.63, 3.8) is 0 Å². The van der Waals surface area contributed by atoms with E-state index in [0.29, 0.717) is 17.0 Å². The summed E-state index contributed by atoms with van der Waals surface area (Å²) in [6.07, 6.45) is 0. The Morgan fingerprint density at radius 2 is 1.75 bits per heavy atom. The SMILES string of the molecule is COc1cc(F)c(C(C#N)Nc2ccc(C#N)c(C)c2)cc1OC. The Labute approximate surface area is 139 Å². The van der Waals surface area contributed by atoms with Crippen LogP contribution in [0, 0.1) is 35.4 Å². The van der Waals surface area contributed by atoms with Crippen LogP contribution in [-0.4, -0.2) is 14.2 Å². The van der Waals surface area contributed by atoms with E-state index >= 15 is 0 Å². The van der Waals surface area contributed by atoms with Gasteiger partial charge in [0, 0.05) is 17.3 Å². The Morgan fingerprint density at radius 1 is 1.08 bits per heavy atom. The summed E-state index contributed by atoms with van der Waals surface area (Å²) in [7, 11) is 2.86. The summed E-state index contributed by atoms with van der Waals surface area (Å²) in [5, 5.41) is 21.3. The minimum atomic E-state index is -0.919. The normalized spacial score (nSPS) is 11.1. The van der Waals surface area contributed by atoms with Gasteiger partial charge >= 0.3 is 0 Å². The van der Waals surface area contributed by atoms with Crippen LogP contribution in [-0.2, 0) is 0 Å². The molecule has 0 saturated heterocycles. The van der Waals surface area contributed by atoms with Crippen molar-refractivity contribution in [1.82, 2.24) is 0 Å². The van der Waals surface area contributed by atoms with Crippen molar-refractivity contribution in [2.45, 2.75) is 13.0 Å². The largest absolute Gasteiger partial charge is 0.493 e. The summed E-state index contributed by atoms with van der Waals surface area (Å²) in [6, 6.07) is 10.9. The Bertz CT molecular complexity index is 837. The zero-order chi connectivity index (χ0) is 17.7. The van der Waals surface area contributed by atoms with Crippen LogP contribution in [0.3, 0.4) is 0 Å². The third kappa shape index (κ3) is 3.39. The van der Waals surface area contributed by atoms with Crippen molar-refractivity contribution in [3.05, 3.63) is 52.8 Å². The molecular formula is C18H16FN3O2. The fourth-order valence-electron chi connectivity index (χ4n) is 2.32. The van der Waals surface area contributed by atoms with E-state index in [1.807, 2.05) is 6.07 Å². The second-order valence-corrected chi connectivity index (χ2v) is 5.08. The van der Waals surface area contributed by atoms with E-state index in [9.17, 15) is 9.65 Å². The van der Waals surface area contributed by atoms with Crippen molar-refractivity contribution in [2.24, 2.45) is 0 Å². The maximum Gasteiger partial charge on any atom is 0.163 e. The molecule has 1 unspecified atom stereocenters. The average molecular weight is 325 g/mol. The average Bonchev–Trinajstić information content (AvgIpc) is 2.59. The van der Waals surface area contributed by atoms with Crippen LogP contribution in [0.15, 0.2) is 30.3 Å². The van der Waals surface area contributed by atoms with Crippen LogP contribution >= 0.6 is 0 Å². The highest BCUT2D eigenvalue weighted by molar-refractivity contribution is 5.55. The molecule has 0 radical (unpaired) electrons. The number of nitrogens with zero attached hydrogens (tertiary/aromatic N) is 2. The van der Waals surface area contributed by atoms with Crippen molar-refractivity contribution in [1.29, 1.82) is 10.5 Å². The standard InChI is InChI=1S/C18H16FN3O2/c1-11-6-13(5-4-12(11)9-20)22-16(10-21)14-7-17(23-2)18(24-3)8-15(14)19/h4-8,16,22H,1-3H3. The third-order valence-corrected chi connectivity index (χ3v) is 3.60. The number of rotatable bonds is 5. The zero-order valence-electron chi connectivity index (χ0n) is 13.6. The van der Waals surface area contributed by atoms with Gasteiger partial charge in [-0.1, -0.05) is 0 Å². The molecule has 0 amide bonds. The molecule has 1 atom stereocenters. The summed E-state index contributed by atoms with van der Waals surface area (Å²) in [6.45, 7) is 1.79. The molecule has 5 nitrogen and oxygen atoms in total. The molecule has 2 aromatic carbocycles. The molecular weight excluding hydrogens is 309 g/mol. The van der Waals surface area contributed by atoms with Crippen molar-refractivity contribution >= 4 is 5.69 Å². The molecule has 0 aromatic heterocycles. The smallest absolute Gasteiger partial charge is 0.163 e. The number of aryl methyl sites for hydroxylation is 1. The molecule has 0 spiro atoms. The summed E-state index contributed by atoms with van der Waals surface area (Å²) in [4.78, 5) is 0. The summed E-state index contributed by atoms with van der Waals surface area (Å²) in [5.41, 5.74) is 2.09. The molecule has 1 N–H and O–H groups in total. The van der Waals surface area contributed by atoms with Gasteiger partial charge in [0.2, 0.25) is 0 Å². The summed E-state index contributed by atoms with van der Waals surface area (Å²) < 4.78 is 24.5. The number of methoxy groups -OCH3 is 2. The number of hydrogen-bond acceptors (Lipinski definition) is 5. The fourth-order valence-corrected chi connectivity index (χ4v) is 2.32. The second-order valence-electron chi connectivity index (χ2n) is 5.08. The number of ether oxygens (including phenoxy) is 2. The van der Waals surface area contributed by atoms with Crippen molar-refractivity contribution < 1.29 is 13.9 Å². The number of anilines is 1. The lowest BCUT2D eigenvalue weighted by Gasteiger charge is -2.17. The quantitative estimate of drug-likeness (QED) is 0.907. The van der Waals surface area contributed by atoms with Crippen LogP contribution in [0.1, 0.15) is 22.7 Å². The van der Waals surface area contributed by atoms with Gasteiger partial charge in [0.1, 0.15) is 11.9 Å². The van der Waals surface area contributed by atoms with Gasteiger partial charge in [-0.2, -0.15) is 10.5 Å². The van der Waals surface area contributed by atoms with Gasteiger partial charge < -0.3 is 14.8 Å². The maximum atomic E-state index is 14.3. The van der Waals surface area contributed by atoms with E-state index in [-0.39, 0.29) is 11.3 Å². The van der Waals surface area contributed by atoms with E-state index in [2.05, 4.69) is 11.4 Å². The first-order chi connectivity index (χ1) is 11.5. The molecule has 0 heterocycles. The number of benzene rings is 2. The molecule has 0 aliphatic rings. The molecule has 0 aliphatic heterocycles. The fraction of sp³-hybridized carbons (Fsp3) is 0.222. The van der Waals surface area contributed by atoms with Crippen LogP contribution in [0.5, 0.6) is 11.5 Å². The molecule has 0 aliphatic carbocycles. The Kier molecular flexibility index (Phi) is 5.23. The Balaban J connectivity index is 2.37. The minimum Gasteiger partial charge on any atom is -0.493 e. The zero-order valence-corrected chi connectivity index (χ0v) is 13.6. The Morgan fingerprint density at radius 3 is 2.29 bits per heavy atom. The first kappa shape index (κ1) is 17.1. The lowest BCUT2D eigenvalue weighted by Crippen LogP contribution is -2.11. The summed E-state index contributed by atoms with van der Waals surface area (Å²) in [5.74, 6) is 0.0219. The van der Waals surface area contributed by atoms with Gasteiger partial charge in [0.05, 0.1) is 31.9 Å². The highest BCUT2D eigenvalue weighted by Gasteiger charge is 2.19. The highest BCUT2D eigenvalue weighted by Crippen LogP contribution is 2.33. The van der Waals surface area contributed by atoms with Gasteiger partial charge in [-0.05, 0) is 36.8 Å². The molecule has 122 valence electrons. The van der Waals surface area contributed by atoms with Gasteiger partial charge in [0.15, 0.2) is 11.5 Å². The van der Waals surface area contributed by atoms with Crippen LogP contribution in [0.2, 0.25) is 0 Å². The molecule has 24 heavy (non-hydrogen) atoms. The molecule has 6 heteroatoms. The van der Waals surface area contributed by atoms with Crippen LogP contribution < -0.4 is 14.8 Å². The van der Waals surface area contributed by atoms with E-state index in [0.717, 1.165) is 5.56 Å². The monoisotopic (exact) mass is 325 g/mol. The number of nitriles is 2. The number of hydrogen-bond donors (Lipinski definition) is 1. The van der Waals surface area contributed by atoms with E-state index < -0.39 is 11.9 Å². The highest BCUT2D eigenvalue weighted by atomic mass is 19.1. The molecule has 2 rings (SSSR count). The molecule has 0 fully saturated rings. The van der Waals surface area contributed by atoms with E-state index in [1.165, 1.54) is 26.4 Å². The minimum absolute atomic E-state index is 0.150. The van der Waals surface area contributed by atoms with Crippen LogP contribution in [0.25, 0.3) is 0 Å². The van der Waals surface area contributed by atoms with Crippen molar-refractivity contribution in [2.75, 3.05) is 19.5 Å². The van der Waals surface area contributed by atoms with Gasteiger partial charge in [-0.25, -0.2) is 4.39 Å². The molecule has 0 bridgehead atoms. The number of nitrogens with one attached hydrogen (secondary N) is 1. The van der Waals surface area contributed by atoms with E-state index in [1.54, 1.807) is 25.1 Å². The predicted octanol–water partition coefficient (Wildman–Crippen LogP) is 3.70. The molecule has 0 saturated carbocycles. The topological polar surface area (TPSA) is 78.1 Å². The van der Waals surface area contributed by atoms with Crippen LogP contribution in [0.4, 0.5) is 10.1 Å². The lowest BCUT2D eigenvalue weighted by atomic mass is 10.0. The lowest BCUT2D eigenvalue weighted by molar-refractivity contribution is 0.351. The maximum absolute atomic E-state index is 14.3. The molecule has 2 aromatic rings. The number of halogens is 1. The summed E-state index contributed by atoms with van der Waals surface area (Å²) >= 11 is 0.